The maximum atomic E-state index is 12.8. The molecule has 0 atom stereocenters. The summed E-state index contributed by atoms with van der Waals surface area (Å²) >= 11 is 0. The van der Waals surface area contributed by atoms with Gasteiger partial charge in [-0.25, -0.2) is 8.78 Å². The van der Waals surface area contributed by atoms with Gasteiger partial charge in [0.15, 0.2) is 0 Å². The first-order valence-corrected chi connectivity index (χ1v) is 5.35. The van der Waals surface area contributed by atoms with Gasteiger partial charge in [0.05, 0.1) is 0 Å². The molecule has 1 radical (unpaired) electrons. The summed E-state index contributed by atoms with van der Waals surface area (Å²) in [6.45, 7) is 3.24. The van der Waals surface area contributed by atoms with Gasteiger partial charge in [-0.2, -0.15) is 0 Å². The average Bonchev–Trinajstić information content (AvgIpc) is 2.26. The lowest BCUT2D eigenvalue weighted by Gasteiger charge is -2.12. The summed E-state index contributed by atoms with van der Waals surface area (Å²) < 4.78 is 25.6. The van der Waals surface area contributed by atoms with Gasteiger partial charge in [0.25, 0.3) is 0 Å². The Bertz CT molecular complexity index is 267. The second kappa shape index (κ2) is 5.84. The fraction of sp³-hybridized carbons (Fsp3) is 0.462. The van der Waals surface area contributed by atoms with E-state index in [1.807, 2.05) is 30.3 Å². The molecule has 0 aliphatic carbocycles. The highest BCUT2D eigenvalue weighted by Crippen LogP contribution is 2.24. The van der Waals surface area contributed by atoms with Crippen molar-refractivity contribution >= 4 is 0 Å². The Morgan fingerprint density at radius 1 is 1.07 bits per heavy atom. The van der Waals surface area contributed by atoms with Gasteiger partial charge in [-0.15, -0.1) is 0 Å². The number of unbranched alkanes of at least 4 members (excludes halogenated alkanes) is 1. The fourth-order valence-electron chi connectivity index (χ4n) is 1.48. The molecule has 0 spiro atoms. The van der Waals surface area contributed by atoms with E-state index in [-0.39, 0.29) is 12.8 Å². The van der Waals surface area contributed by atoms with Crippen LogP contribution in [0.3, 0.4) is 0 Å². The molecule has 1 aromatic rings. The topological polar surface area (TPSA) is 0 Å². The molecule has 0 unspecified atom stereocenters. The third kappa shape index (κ3) is 4.91. The zero-order chi connectivity index (χ0) is 11.1. The molecular formula is C13H17F2. The molecule has 0 saturated carbocycles. The van der Waals surface area contributed by atoms with Crippen LogP contribution in [-0.4, -0.2) is 5.92 Å². The van der Waals surface area contributed by atoms with Gasteiger partial charge in [-0.05, 0) is 31.7 Å². The Morgan fingerprint density at radius 2 is 1.73 bits per heavy atom. The summed E-state index contributed by atoms with van der Waals surface area (Å²) in [5.41, 5.74) is 1.22. The molecule has 0 aliphatic heterocycles. The maximum Gasteiger partial charge on any atom is 0.248 e. The molecule has 0 N–H and O–H groups in total. The van der Waals surface area contributed by atoms with E-state index in [0.717, 1.165) is 12.8 Å². The third-order valence-electron chi connectivity index (χ3n) is 2.47. The van der Waals surface area contributed by atoms with E-state index in [2.05, 4.69) is 6.92 Å². The van der Waals surface area contributed by atoms with Crippen LogP contribution < -0.4 is 0 Å². The van der Waals surface area contributed by atoms with Crippen molar-refractivity contribution in [3.8, 4) is 0 Å². The predicted octanol–water partition coefficient (Wildman–Crippen LogP) is 4.26. The van der Waals surface area contributed by atoms with Crippen LogP contribution in [0.5, 0.6) is 0 Å². The van der Waals surface area contributed by atoms with Crippen LogP contribution in [0.4, 0.5) is 8.78 Å². The second-order valence-electron chi connectivity index (χ2n) is 3.80. The third-order valence-corrected chi connectivity index (χ3v) is 2.47. The lowest BCUT2D eigenvalue weighted by atomic mass is 10.0. The lowest BCUT2D eigenvalue weighted by molar-refractivity contribution is -0.00736. The van der Waals surface area contributed by atoms with Gasteiger partial charge in [-0.3, -0.25) is 0 Å². The first kappa shape index (κ1) is 12.2. The van der Waals surface area contributed by atoms with Crippen molar-refractivity contribution in [2.24, 2.45) is 0 Å². The largest absolute Gasteiger partial charge is 0.248 e. The highest BCUT2D eigenvalue weighted by molar-refractivity contribution is 5.14. The minimum absolute atomic E-state index is 0.0384. The number of rotatable bonds is 6. The quantitative estimate of drug-likeness (QED) is 0.617. The van der Waals surface area contributed by atoms with Crippen molar-refractivity contribution in [1.82, 2.24) is 0 Å². The molecular weight excluding hydrogens is 194 g/mol. The molecule has 0 bridgehead atoms. The molecule has 15 heavy (non-hydrogen) atoms. The number of benzene rings is 1. The molecule has 83 valence electrons. The van der Waals surface area contributed by atoms with Gasteiger partial charge < -0.3 is 0 Å². The fourth-order valence-corrected chi connectivity index (χ4v) is 1.48. The van der Waals surface area contributed by atoms with E-state index in [4.69, 9.17) is 0 Å². The van der Waals surface area contributed by atoms with Crippen LogP contribution in [0.25, 0.3) is 0 Å². The van der Waals surface area contributed by atoms with E-state index in [1.165, 1.54) is 5.56 Å². The molecule has 0 aromatic heterocycles. The van der Waals surface area contributed by atoms with Crippen LogP contribution >= 0.6 is 0 Å². The normalized spacial score (nSPS) is 11.7. The summed E-state index contributed by atoms with van der Waals surface area (Å²) in [5.74, 6) is -2.57. The Balaban J connectivity index is 2.18. The molecule has 1 rings (SSSR count). The standard InChI is InChI=1S/C13H17F2/c1-2-13(14,15)11-7-6-10-12-8-4-3-5-9-12/h3-5,8-9H,1-2,6-7,10-11H2. The Labute approximate surface area is 90.3 Å². The highest BCUT2D eigenvalue weighted by Gasteiger charge is 2.24. The number of alkyl halides is 2. The molecule has 0 aliphatic rings. The van der Waals surface area contributed by atoms with Crippen LogP contribution in [0.15, 0.2) is 30.3 Å². The van der Waals surface area contributed by atoms with E-state index in [0.29, 0.717) is 6.42 Å². The molecule has 0 heterocycles. The summed E-state index contributed by atoms with van der Waals surface area (Å²) in [6.07, 6.45) is 1.94. The number of aryl methyl sites for hydroxylation is 1. The van der Waals surface area contributed by atoms with Gasteiger partial charge >= 0.3 is 0 Å². The van der Waals surface area contributed by atoms with Crippen LogP contribution in [0, 0.1) is 6.92 Å². The van der Waals surface area contributed by atoms with Gasteiger partial charge in [0, 0.05) is 12.8 Å². The molecule has 0 saturated heterocycles. The first-order valence-electron chi connectivity index (χ1n) is 5.35. The van der Waals surface area contributed by atoms with Crippen molar-refractivity contribution < 1.29 is 8.78 Å². The van der Waals surface area contributed by atoms with Gasteiger partial charge in [-0.1, -0.05) is 30.3 Å². The molecule has 1 aromatic carbocycles. The van der Waals surface area contributed by atoms with Gasteiger partial charge in [0.2, 0.25) is 5.92 Å². The van der Waals surface area contributed by atoms with Crippen molar-refractivity contribution in [1.29, 1.82) is 0 Å². The number of halogens is 2. The molecule has 0 amide bonds. The monoisotopic (exact) mass is 211 g/mol. The Kier molecular flexibility index (Phi) is 4.73. The van der Waals surface area contributed by atoms with Crippen molar-refractivity contribution in [2.75, 3.05) is 0 Å². The summed E-state index contributed by atoms with van der Waals surface area (Å²) in [6, 6.07) is 9.96. The first-order chi connectivity index (χ1) is 7.14. The number of hydrogen-bond acceptors (Lipinski definition) is 0. The van der Waals surface area contributed by atoms with E-state index < -0.39 is 5.92 Å². The summed E-state index contributed by atoms with van der Waals surface area (Å²) in [5, 5.41) is 0. The number of hydrogen-bond donors (Lipinski definition) is 0. The summed E-state index contributed by atoms with van der Waals surface area (Å²) in [4.78, 5) is 0. The minimum atomic E-state index is -2.57. The Morgan fingerprint density at radius 3 is 2.33 bits per heavy atom. The van der Waals surface area contributed by atoms with Crippen LogP contribution in [0.1, 0.15) is 31.2 Å². The zero-order valence-electron chi connectivity index (χ0n) is 8.89. The van der Waals surface area contributed by atoms with Crippen molar-refractivity contribution in [2.45, 2.75) is 38.0 Å². The van der Waals surface area contributed by atoms with Gasteiger partial charge in [0.1, 0.15) is 0 Å². The molecule has 0 fully saturated rings. The van der Waals surface area contributed by atoms with E-state index >= 15 is 0 Å². The van der Waals surface area contributed by atoms with Crippen molar-refractivity contribution in [3.63, 3.8) is 0 Å². The minimum Gasteiger partial charge on any atom is -0.207 e. The maximum absolute atomic E-state index is 12.8. The van der Waals surface area contributed by atoms with Crippen LogP contribution in [-0.2, 0) is 6.42 Å². The van der Waals surface area contributed by atoms with E-state index in [1.54, 1.807) is 0 Å². The lowest BCUT2D eigenvalue weighted by Crippen LogP contribution is -2.13. The van der Waals surface area contributed by atoms with E-state index in [9.17, 15) is 8.78 Å². The summed E-state index contributed by atoms with van der Waals surface area (Å²) in [7, 11) is 0. The Hall–Kier alpha value is -0.920. The molecule has 0 nitrogen and oxygen atoms in total. The second-order valence-corrected chi connectivity index (χ2v) is 3.80. The average molecular weight is 211 g/mol. The molecule has 2 heteroatoms. The SMILES string of the molecule is [CH2]CC(F)(F)CCCCc1ccccc1. The predicted molar refractivity (Wildman–Crippen MR) is 58.9 cm³/mol. The highest BCUT2D eigenvalue weighted by atomic mass is 19.3. The zero-order valence-corrected chi connectivity index (χ0v) is 8.89. The van der Waals surface area contributed by atoms with Crippen molar-refractivity contribution in [3.05, 3.63) is 42.8 Å². The smallest absolute Gasteiger partial charge is 0.207 e. The van der Waals surface area contributed by atoms with Crippen LogP contribution in [0.2, 0.25) is 0 Å².